The third-order valence-electron chi connectivity index (χ3n) is 4.10. The molecule has 1 saturated heterocycles. The van der Waals surface area contributed by atoms with Gasteiger partial charge in [-0.25, -0.2) is 4.79 Å². The predicted octanol–water partition coefficient (Wildman–Crippen LogP) is 2.78. The molecule has 0 aromatic heterocycles. The van der Waals surface area contributed by atoms with E-state index in [4.69, 9.17) is 9.47 Å². The van der Waals surface area contributed by atoms with Crippen molar-refractivity contribution in [3.05, 3.63) is 26.7 Å². The van der Waals surface area contributed by atoms with Crippen molar-refractivity contribution >= 4 is 33.4 Å². The summed E-state index contributed by atoms with van der Waals surface area (Å²) in [5.41, 5.74) is -0.393. The topological polar surface area (TPSA) is 105 Å². The van der Waals surface area contributed by atoms with Crippen LogP contribution in [0.4, 0.5) is 16.2 Å². The number of methoxy groups -OCH3 is 1. The van der Waals surface area contributed by atoms with Gasteiger partial charge >= 0.3 is 6.09 Å². The van der Waals surface area contributed by atoms with Crippen LogP contribution in [0.3, 0.4) is 0 Å². The van der Waals surface area contributed by atoms with Gasteiger partial charge < -0.3 is 24.4 Å². The third-order valence-corrected chi connectivity index (χ3v) is 4.72. The number of amides is 1. The Morgan fingerprint density at radius 2 is 2.07 bits per heavy atom. The van der Waals surface area contributed by atoms with Crippen LogP contribution in [0.25, 0.3) is 0 Å². The Labute approximate surface area is 166 Å². The Kier molecular flexibility index (Phi) is 6.53. The molecule has 1 atom stereocenters. The number of carbonyl (C=O) groups is 1. The summed E-state index contributed by atoms with van der Waals surface area (Å²) < 4.78 is 11.1. The molecule has 150 valence electrons. The number of piperazine rings is 1. The Morgan fingerprint density at radius 3 is 2.59 bits per heavy atom. The van der Waals surface area contributed by atoms with Gasteiger partial charge in [-0.3, -0.25) is 10.1 Å². The standard InChI is InChI=1S/C17H24BrN3O6/c1-17(2,3)27-16(23)19-5-6-20(11(9-19)10-22)13-8-15(26-4)12(18)7-14(13)21(24)25/h7-8,11,22H,5-6,9-10H2,1-4H3/t11-/m1/s1. The van der Waals surface area contributed by atoms with Crippen LogP contribution in [-0.2, 0) is 4.74 Å². The van der Waals surface area contributed by atoms with Gasteiger partial charge in [-0.2, -0.15) is 0 Å². The highest BCUT2D eigenvalue weighted by Gasteiger charge is 2.35. The van der Waals surface area contributed by atoms with Gasteiger partial charge in [0.05, 0.1) is 29.2 Å². The van der Waals surface area contributed by atoms with Crippen molar-refractivity contribution in [3.8, 4) is 5.75 Å². The van der Waals surface area contributed by atoms with Gasteiger partial charge in [-0.05, 0) is 36.7 Å². The zero-order chi connectivity index (χ0) is 20.4. The van der Waals surface area contributed by atoms with Crippen LogP contribution >= 0.6 is 15.9 Å². The minimum Gasteiger partial charge on any atom is -0.495 e. The number of carbonyl (C=O) groups excluding carboxylic acids is 1. The number of hydrogen-bond acceptors (Lipinski definition) is 7. The summed E-state index contributed by atoms with van der Waals surface area (Å²) in [4.78, 5) is 26.6. The van der Waals surface area contributed by atoms with E-state index in [2.05, 4.69) is 15.9 Å². The first-order valence-electron chi connectivity index (χ1n) is 8.44. The first kappa shape index (κ1) is 21.2. The van der Waals surface area contributed by atoms with Crippen LogP contribution in [-0.4, -0.2) is 66.0 Å². The van der Waals surface area contributed by atoms with E-state index in [1.807, 2.05) is 0 Å². The van der Waals surface area contributed by atoms with Crippen molar-refractivity contribution in [1.29, 1.82) is 0 Å². The number of aliphatic hydroxyl groups excluding tert-OH is 1. The van der Waals surface area contributed by atoms with E-state index in [0.29, 0.717) is 29.0 Å². The molecule has 1 aromatic rings. The lowest BCUT2D eigenvalue weighted by molar-refractivity contribution is -0.384. The number of nitro benzene ring substituents is 1. The molecule has 9 nitrogen and oxygen atoms in total. The Balaban J connectivity index is 2.30. The fraction of sp³-hybridized carbons (Fsp3) is 0.588. The molecule has 1 aliphatic rings. The van der Waals surface area contributed by atoms with Crippen molar-refractivity contribution in [2.45, 2.75) is 32.4 Å². The lowest BCUT2D eigenvalue weighted by atomic mass is 10.1. The first-order valence-corrected chi connectivity index (χ1v) is 9.24. The molecule has 1 fully saturated rings. The Morgan fingerprint density at radius 1 is 1.41 bits per heavy atom. The van der Waals surface area contributed by atoms with Crippen LogP contribution < -0.4 is 9.64 Å². The van der Waals surface area contributed by atoms with Crippen LogP contribution in [0.5, 0.6) is 5.75 Å². The SMILES string of the molecule is COc1cc(N2CCN(C(=O)OC(C)(C)C)C[C@@H]2CO)c([N+](=O)[O-])cc1Br. The fourth-order valence-electron chi connectivity index (χ4n) is 2.89. The molecule has 2 rings (SSSR count). The molecule has 0 aliphatic carbocycles. The van der Waals surface area contributed by atoms with Crippen molar-refractivity contribution in [2.75, 3.05) is 38.3 Å². The van der Waals surface area contributed by atoms with E-state index >= 15 is 0 Å². The zero-order valence-corrected chi connectivity index (χ0v) is 17.4. The number of halogens is 1. The summed E-state index contributed by atoms with van der Waals surface area (Å²) in [5.74, 6) is 0.446. The molecule has 0 saturated carbocycles. The fourth-order valence-corrected chi connectivity index (χ4v) is 3.38. The van der Waals surface area contributed by atoms with E-state index in [1.54, 1.807) is 31.7 Å². The maximum atomic E-state index is 12.3. The average Bonchev–Trinajstić information content (AvgIpc) is 2.59. The summed E-state index contributed by atoms with van der Waals surface area (Å²) >= 11 is 3.26. The van der Waals surface area contributed by atoms with Crippen LogP contribution in [0, 0.1) is 10.1 Å². The van der Waals surface area contributed by atoms with Crippen LogP contribution in [0.2, 0.25) is 0 Å². The van der Waals surface area contributed by atoms with E-state index in [-0.39, 0.29) is 18.8 Å². The number of nitrogens with zero attached hydrogens (tertiary/aromatic N) is 3. The number of anilines is 1. The molecular formula is C17H24BrN3O6. The smallest absolute Gasteiger partial charge is 0.410 e. The number of hydrogen-bond donors (Lipinski definition) is 1. The van der Waals surface area contributed by atoms with Gasteiger partial charge in [0.2, 0.25) is 0 Å². The normalized spacial score (nSPS) is 17.6. The van der Waals surface area contributed by atoms with Crippen molar-refractivity contribution in [3.63, 3.8) is 0 Å². The molecular weight excluding hydrogens is 422 g/mol. The van der Waals surface area contributed by atoms with Crippen molar-refractivity contribution in [1.82, 2.24) is 4.90 Å². The van der Waals surface area contributed by atoms with Gasteiger partial charge in [0.1, 0.15) is 17.0 Å². The minimum absolute atomic E-state index is 0.105. The van der Waals surface area contributed by atoms with Gasteiger partial charge in [0.15, 0.2) is 0 Å². The maximum absolute atomic E-state index is 12.3. The maximum Gasteiger partial charge on any atom is 0.410 e. The molecule has 27 heavy (non-hydrogen) atoms. The highest BCUT2D eigenvalue weighted by molar-refractivity contribution is 9.10. The minimum atomic E-state index is -0.624. The number of nitro groups is 1. The van der Waals surface area contributed by atoms with Crippen LogP contribution in [0.15, 0.2) is 16.6 Å². The van der Waals surface area contributed by atoms with E-state index in [0.717, 1.165) is 0 Å². The summed E-state index contributed by atoms with van der Waals surface area (Å²) in [6.45, 7) is 5.90. The lowest BCUT2D eigenvalue weighted by Crippen LogP contribution is -2.57. The number of aliphatic hydroxyl groups is 1. The lowest BCUT2D eigenvalue weighted by Gasteiger charge is -2.41. The molecule has 1 aliphatic heterocycles. The van der Waals surface area contributed by atoms with Gasteiger partial charge in [0.25, 0.3) is 5.69 Å². The van der Waals surface area contributed by atoms with Crippen LogP contribution in [0.1, 0.15) is 20.8 Å². The molecule has 0 bridgehead atoms. The Bertz CT molecular complexity index is 721. The summed E-state index contributed by atoms with van der Waals surface area (Å²) in [7, 11) is 1.47. The van der Waals surface area contributed by atoms with E-state index in [9.17, 15) is 20.0 Å². The largest absolute Gasteiger partial charge is 0.495 e. The Hall–Kier alpha value is -2.07. The highest BCUT2D eigenvalue weighted by Crippen LogP contribution is 2.39. The summed E-state index contributed by atoms with van der Waals surface area (Å²) in [6, 6.07) is 2.44. The average molecular weight is 446 g/mol. The molecule has 1 amide bonds. The van der Waals surface area contributed by atoms with Crippen molar-refractivity contribution in [2.24, 2.45) is 0 Å². The predicted molar refractivity (Wildman–Crippen MR) is 103 cm³/mol. The molecule has 0 spiro atoms. The number of benzene rings is 1. The number of rotatable bonds is 4. The first-order chi connectivity index (χ1) is 12.6. The quantitative estimate of drug-likeness (QED) is 0.560. The second-order valence-corrected chi connectivity index (χ2v) is 8.04. The van der Waals surface area contributed by atoms with Gasteiger partial charge in [0, 0.05) is 31.8 Å². The highest BCUT2D eigenvalue weighted by atomic mass is 79.9. The molecule has 10 heteroatoms. The van der Waals surface area contributed by atoms with Gasteiger partial charge in [-0.15, -0.1) is 0 Å². The molecule has 0 unspecified atom stereocenters. The van der Waals surface area contributed by atoms with Crippen molar-refractivity contribution < 1.29 is 24.3 Å². The second-order valence-electron chi connectivity index (χ2n) is 7.19. The van der Waals surface area contributed by atoms with E-state index < -0.39 is 22.7 Å². The third kappa shape index (κ3) is 5.01. The monoisotopic (exact) mass is 445 g/mol. The zero-order valence-electron chi connectivity index (χ0n) is 15.8. The molecule has 0 radical (unpaired) electrons. The molecule has 1 heterocycles. The van der Waals surface area contributed by atoms with Gasteiger partial charge in [-0.1, -0.05) is 0 Å². The number of ether oxygens (including phenoxy) is 2. The summed E-state index contributed by atoms with van der Waals surface area (Å²) in [5, 5.41) is 21.3. The second kappa shape index (κ2) is 8.30. The van der Waals surface area contributed by atoms with E-state index in [1.165, 1.54) is 18.1 Å². The summed E-state index contributed by atoms with van der Waals surface area (Å²) in [6.07, 6.45) is -0.469. The molecule has 1 N–H and O–H groups in total. The molecule has 1 aromatic carbocycles.